The van der Waals surface area contributed by atoms with Gasteiger partial charge >= 0.3 is 12.0 Å². The molecule has 3 unspecified atom stereocenters. The Morgan fingerprint density at radius 1 is 1.08 bits per heavy atom. The van der Waals surface area contributed by atoms with E-state index >= 15 is 0 Å². The van der Waals surface area contributed by atoms with E-state index in [4.69, 9.17) is 5.11 Å². The SMILES string of the molecule is O=C(NCc1ccc(C(=O)O)cc1)NC1C2CCc3ccccc3C21. The lowest BCUT2D eigenvalue weighted by molar-refractivity contribution is 0.0697. The van der Waals surface area contributed by atoms with Crippen molar-refractivity contribution in [3.8, 4) is 0 Å². The number of carboxylic acids is 1. The number of hydrogen-bond donors (Lipinski definition) is 3. The highest BCUT2D eigenvalue weighted by atomic mass is 16.4. The minimum atomic E-state index is -0.950. The minimum Gasteiger partial charge on any atom is -0.478 e. The average Bonchev–Trinajstić information content (AvgIpc) is 3.33. The first kappa shape index (κ1) is 15.7. The van der Waals surface area contributed by atoms with Gasteiger partial charge in [-0.1, -0.05) is 36.4 Å². The molecule has 0 aliphatic heterocycles. The van der Waals surface area contributed by atoms with Crippen molar-refractivity contribution in [2.24, 2.45) is 5.92 Å². The van der Waals surface area contributed by atoms with Crippen LogP contribution in [0.4, 0.5) is 4.79 Å². The second kappa shape index (κ2) is 6.24. The molecule has 2 amide bonds. The molecule has 2 aliphatic rings. The minimum absolute atomic E-state index is 0.167. The second-order valence-corrected chi connectivity index (χ2v) is 6.78. The highest BCUT2D eigenvalue weighted by Crippen LogP contribution is 2.54. The van der Waals surface area contributed by atoms with Gasteiger partial charge in [0, 0.05) is 18.5 Å². The first-order chi connectivity index (χ1) is 12.1. The molecule has 25 heavy (non-hydrogen) atoms. The number of benzene rings is 2. The number of hydrogen-bond acceptors (Lipinski definition) is 2. The van der Waals surface area contributed by atoms with E-state index in [1.807, 2.05) is 0 Å². The molecule has 5 heteroatoms. The van der Waals surface area contributed by atoms with Crippen LogP contribution in [0.15, 0.2) is 48.5 Å². The molecule has 3 atom stereocenters. The summed E-state index contributed by atoms with van der Waals surface area (Å²) >= 11 is 0. The number of fused-ring (bicyclic) bond motifs is 3. The number of amides is 2. The van der Waals surface area contributed by atoms with Crippen molar-refractivity contribution in [3.05, 3.63) is 70.8 Å². The molecule has 3 N–H and O–H groups in total. The van der Waals surface area contributed by atoms with E-state index in [-0.39, 0.29) is 17.6 Å². The van der Waals surface area contributed by atoms with E-state index in [1.165, 1.54) is 11.1 Å². The van der Waals surface area contributed by atoms with Crippen LogP contribution in [0.25, 0.3) is 0 Å². The zero-order chi connectivity index (χ0) is 17.4. The maximum absolute atomic E-state index is 12.2. The Kier molecular flexibility index (Phi) is 3.92. The lowest BCUT2D eigenvalue weighted by atomic mass is 9.92. The third-order valence-electron chi connectivity index (χ3n) is 5.28. The molecular weight excluding hydrogens is 316 g/mol. The lowest BCUT2D eigenvalue weighted by Crippen LogP contribution is -2.37. The van der Waals surface area contributed by atoms with Crippen LogP contribution >= 0.6 is 0 Å². The molecule has 0 heterocycles. The quantitative estimate of drug-likeness (QED) is 0.803. The van der Waals surface area contributed by atoms with Gasteiger partial charge in [-0.3, -0.25) is 0 Å². The Bertz CT molecular complexity index is 816. The Morgan fingerprint density at radius 2 is 1.84 bits per heavy atom. The molecule has 2 aliphatic carbocycles. The zero-order valence-electron chi connectivity index (χ0n) is 13.7. The Labute approximate surface area is 146 Å². The van der Waals surface area contributed by atoms with Crippen molar-refractivity contribution < 1.29 is 14.7 Å². The third kappa shape index (κ3) is 3.09. The third-order valence-corrected chi connectivity index (χ3v) is 5.28. The largest absolute Gasteiger partial charge is 0.478 e. The van der Waals surface area contributed by atoms with Crippen LogP contribution < -0.4 is 10.6 Å². The second-order valence-electron chi connectivity index (χ2n) is 6.78. The summed E-state index contributed by atoms with van der Waals surface area (Å²) in [5.41, 5.74) is 3.91. The molecule has 0 spiro atoms. The predicted molar refractivity (Wildman–Crippen MR) is 93.6 cm³/mol. The normalized spacial score (nSPS) is 23.1. The van der Waals surface area contributed by atoms with Gasteiger partial charge in [0.05, 0.1) is 5.56 Å². The van der Waals surface area contributed by atoms with Crippen LogP contribution in [0.5, 0.6) is 0 Å². The van der Waals surface area contributed by atoms with Gasteiger partial charge in [-0.15, -0.1) is 0 Å². The summed E-state index contributed by atoms with van der Waals surface area (Å²) in [6.07, 6.45) is 2.22. The Morgan fingerprint density at radius 3 is 2.60 bits per heavy atom. The number of rotatable bonds is 4. The summed E-state index contributed by atoms with van der Waals surface area (Å²) in [5.74, 6) is 0.0509. The summed E-state index contributed by atoms with van der Waals surface area (Å²) in [4.78, 5) is 23.0. The number of nitrogens with one attached hydrogen (secondary N) is 2. The molecule has 2 aromatic carbocycles. The van der Waals surface area contributed by atoms with Crippen molar-refractivity contribution >= 4 is 12.0 Å². The molecule has 5 nitrogen and oxygen atoms in total. The van der Waals surface area contributed by atoms with Crippen LogP contribution in [-0.2, 0) is 13.0 Å². The van der Waals surface area contributed by atoms with Crippen molar-refractivity contribution in [1.82, 2.24) is 10.6 Å². The molecule has 0 aromatic heterocycles. The van der Waals surface area contributed by atoms with E-state index < -0.39 is 5.97 Å². The molecule has 0 bridgehead atoms. The highest BCUT2D eigenvalue weighted by Gasteiger charge is 2.53. The average molecular weight is 336 g/mol. The van der Waals surface area contributed by atoms with Crippen LogP contribution in [-0.4, -0.2) is 23.1 Å². The molecule has 0 saturated heterocycles. The smallest absolute Gasteiger partial charge is 0.335 e. The summed E-state index contributed by atoms with van der Waals surface area (Å²) in [6.45, 7) is 0.379. The maximum Gasteiger partial charge on any atom is 0.335 e. The molecule has 1 saturated carbocycles. The number of aromatic carboxylic acids is 1. The number of urea groups is 1. The van der Waals surface area contributed by atoms with Crippen LogP contribution in [0.2, 0.25) is 0 Å². The molecule has 0 radical (unpaired) electrons. The number of aryl methyl sites for hydroxylation is 1. The van der Waals surface area contributed by atoms with E-state index in [9.17, 15) is 9.59 Å². The topological polar surface area (TPSA) is 78.4 Å². The fraction of sp³-hybridized carbons (Fsp3) is 0.300. The number of carbonyl (C=O) groups is 2. The van der Waals surface area contributed by atoms with Gasteiger partial charge in [0.25, 0.3) is 0 Å². The highest BCUT2D eigenvalue weighted by molar-refractivity contribution is 5.87. The monoisotopic (exact) mass is 336 g/mol. The molecule has 128 valence electrons. The zero-order valence-corrected chi connectivity index (χ0v) is 13.7. The molecule has 4 rings (SSSR count). The first-order valence-corrected chi connectivity index (χ1v) is 8.58. The van der Waals surface area contributed by atoms with Gasteiger partial charge < -0.3 is 15.7 Å². The molecular formula is C20H20N2O3. The van der Waals surface area contributed by atoms with Crippen molar-refractivity contribution in [3.63, 3.8) is 0 Å². The summed E-state index contributed by atoms with van der Waals surface area (Å²) in [7, 11) is 0. The summed E-state index contributed by atoms with van der Waals surface area (Å²) in [6, 6.07) is 15.1. The van der Waals surface area contributed by atoms with E-state index in [1.54, 1.807) is 24.3 Å². The van der Waals surface area contributed by atoms with Gasteiger partial charge in [0.2, 0.25) is 0 Å². The van der Waals surface area contributed by atoms with Gasteiger partial charge in [0.15, 0.2) is 0 Å². The van der Waals surface area contributed by atoms with Crippen LogP contribution in [0.1, 0.15) is 39.4 Å². The van der Waals surface area contributed by atoms with Crippen LogP contribution in [0, 0.1) is 5.92 Å². The summed E-state index contributed by atoms with van der Waals surface area (Å²) < 4.78 is 0. The Balaban J connectivity index is 1.31. The van der Waals surface area contributed by atoms with Gasteiger partial charge in [0.1, 0.15) is 0 Å². The van der Waals surface area contributed by atoms with E-state index in [0.717, 1.165) is 18.4 Å². The predicted octanol–water partition coefficient (Wildman–Crippen LogP) is 2.91. The lowest BCUT2D eigenvalue weighted by Gasteiger charge is -2.13. The van der Waals surface area contributed by atoms with Gasteiger partial charge in [-0.25, -0.2) is 9.59 Å². The molecule has 2 aromatic rings. The summed E-state index contributed by atoms with van der Waals surface area (Å²) in [5, 5.41) is 14.8. The number of carboxylic acid groups (broad SMARTS) is 1. The van der Waals surface area contributed by atoms with E-state index in [0.29, 0.717) is 18.4 Å². The van der Waals surface area contributed by atoms with Gasteiger partial charge in [-0.05, 0) is 47.6 Å². The molecule has 1 fully saturated rings. The first-order valence-electron chi connectivity index (χ1n) is 8.58. The standard InChI is InChI=1S/C20H20N2O3/c23-19(24)14-7-5-12(6-8-14)11-21-20(25)22-18-16-10-9-13-3-1-2-4-15(13)17(16)18/h1-8,16-18H,9-11H2,(H,23,24)(H2,21,22,25). The van der Waals surface area contributed by atoms with Crippen molar-refractivity contribution in [2.45, 2.75) is 31.3 Å². The maximum atomic E-state index is 12.2. The fourth-order valence-corrected chi connectivity index (χ4v) is 3.91. The Hall–Kier alpha value is -2.82. The van der Waals surface area contributed by atoms with Crippen molar-refractivity contribution in [2.75, 3.05) is 0 Å². The van der Waals surface area contributed by atoms with E-state index in [2.05, 4.69) is 34.9 Å². The van der Waals surface area contributed by atoms with Crippen LogP contribution in [0.3, 0.4) is 0 Å². The van der Waals surface area contributed by atoms with Crippen molar-refractivity contribution in [1.29, 1.82) is 0 Å². The fourth-order valence-electron chi connectivity index (χ4n) is 3.91. The number of carbonyl (C=O) groups excluding carboxylic acids is 1. The van der Waals surface area contributed by atoms with Gasteiger partial charge in [-0.2, -0.15) is 0 Å².